The average molecular weight is 427 g/mol. The van der Waals surface area contributed by atoms with Crippen molar-refractivity contribution in [1.29, 1.82) is 0 Å². The van der Waals surface area contributed by atoms with Crippen LogP contribution in [0.25, 0.3) is 0 Å². The van der Waals surface area contributed by atoms with Crippen molar-refractivity contribution >= 4 is 29.1 Å². The minimum Gasteiger partial charge on any atom is -0.368 e. The normalized spacial score (nSPS) is 17.8. The highest BCUT2D eigenvalue weighted by molar-refractivity contribution is 6.35. The van der Waals surface area contributed by atoms with E-state index in [1.54, 1.807) is 9.80 Å². The van der Waals surface area contributed by atoms with E-state index >= 15 is 0 Å². The Morgan fingerprint density at radius 3 is 1.93 bits per heavy atom. The highest BCUT2D eigenvalue weighted by Crippen LogP contribution is 2.21. The van der Waals surface area contributed by atoms with Crippen molar-refractivity contribution in [3.63, 3.8) is 0 Å². The summed E-state index contributed by atoms with van der Waals surface area (Å²) in [6.45, 7) is 6.14. The van der Waals surface area contributed by atoms with Crippen LogP contribution in [-0.4, -0.2) is 78.9 Å². The molecule has 2 aliphatic heterocycles. The van der Waals surface area contributed by atoms with E-state index in [1.807, 2.05) is 42.5 Å². The Morgan fingerprint density at radius 2 is 1.33 bits per heavy atom. The molecule has 0 aromatic heterocycles. The number of benzene rings is 2. The summed E-state index contributed by atoms with van der Waals surface area (Å²) in [6.07, 6.45) is 0. The third kappa shape index (κ3) is 4.94. The molecule has 2 amide bonds. The molecule has 2 fully saturated rings. The molecule has 2 heterocycles. The number of piperazine rings is 2. The maximum absolute atomic E-state index is 12.7. The predicted molar refractivity (Wildman–Crippen MR) is 119 cm³/mol. The molecule has 2 aromatic rings. The fraction of sp³-hybridized carbons (Fsp3) is 0.391. The molecule has 0 atom stereocenters. The van der Waals surface area contributed by atoms with Gasteiger partial charge in [0.1, 0.15) is 0 Å². The summed E-state index contributed by atoms with van der Waals surface area (Å²) >= 11 is 6.08. The first-order valence-electron chi connectivity index (χ1n) is 10.4. The Kier molecular flexibility index (Phi) is 6.55. The summed E-state index contributed by atoms with van der Waals surface area (Å²) in [6, 6.07) is 18.1. The summed E-state index contributed by atoms with van der Waals surface area (Å²) in [4.78, 5) is 33.4. The molecule has 0 spiro atoms. The van der Waals surface area contributed by atoms with Gasteiger partial charge in [-0.15, -0.1) is 0 Å². The Balaban J connectivity index is 1.25. The van der Waals surface area contributed by atoms with Gasteiger partial charge in [0, 0.05) is 69.6 Å². The lowest BCUT2D eigenvalue weighted by molar-refractivity contribution is -0.153. The molecular weight excluding hydrogens is 400 g/mol. The van der Waals surface area contributed by atoms with E-state index < -0.39 is 0 Å². The molecular formula is C23H27ClN4O2. The molecule has 2 aliphatic rings. The van der Waals surface area contributed by atoms with Crippen LogP contribution in [0, 0.1) is 0 Å². The number of hydrogen-bond acceptors (Lipinski definition) is 4. The van der Waals surface area contributed by atoms with Gasteiger partial charge in [0.2, 0.25) is 0 Å². The maximum Gasteiger partial charge on any atom is 0.312 e. The van der Waals surface area contributed by atoms with Crippen molar-refractivity contribution in [1.82, 2.24) is 14.7 Å². The Hall–Kier alpha value is -2.57. The maximum atomic E-state index is 12.7. The Bertz CT molecular complexity index is 876. The molecule has 2 saturated heterocycles. The van der Waals surface area contributed by atoms with Gasteiger partial charge in [-0.3, -0.25) is 14.5 Å². The number of anilines is 1. The number of rotatable bonds is 3. The average Bonchev–Trinajstić information content (AvgIpc) is 2.79. The third-order valence-electron chi connectivity index (χ3n) is 5.83. The predicted octanol–water partition coefficient (Wildman–Crippen LogP) is 2.33. The number of halogens is 1. The SMILES string of the molecule is O=C(C(=O)N1CCN(c2cccc(Cl)c2)CC1)N1CCN(Cc2ccccc2)CC1. The van der Waals surface area contributed by atoms with E-state index in [2.05, 4.69) is 21.9 Å². The first-order chi connectivity index (χ1) is 14.6. The molecule has 6 nitrogen and oxygen atoms in total. The van der Waals surface area contributed by atoms with Crippen LogP contribution in [0.4, 0.5) is 5.69 Å². The number of amides is 2. The fourth-order valence-corrected chi connectivity index (χ4v) is 4.25. The lowest BCUT2D eigenvalue weighted by Crippen LogP contribution is -2.56. The van der Waals surface area contributed by atoms with E-state index in [1.165, 1.54) is 5.56 Å². The van der Waals surface area contributed by atoms with Crippen molar-refractivity contribution in [2.45, 2.75) is 6.54 Å². The summed E-state index contributed by atoms with van der Waals surface area (Å²) in [5.74, 6) is -0.747. The molecule has 0 bridgehead atoms. The molecule has 7 heteroatoms. The summed E-state index contributed by atoms with van der Waals surface area (Å²) < 4.78 is 0. The molecule has 158 valence electrons. The van der Waals surface area contributed by atoms with E-state index in [-0.39, 0.29) is 11.8 Å². The van der Waals surface area contributed by atoms with E-state index in [9.17, 15) is 9.59 Å². The molecule has 0 unspecified atom stereocenters. The molecule has 2 aromatic carbocycles. The minimum atomic E-state index is -0.378. The van der Waals surface area contributed by atoms with Gasteiger partial charge in [-0.25, -0.2) is 0 Å². The van der Waals surface area contributed by atoms with Gasteiger partial charge in [-0.1, -0.05) is 48.0 Å². The lowest BCUT2D eigenvalue weighted by Gasteiger charge is -2.38. The molecule has 0 aliphatic carbocycles. The largest absolute Gasteiger partial charge is 0.368 e. The van der Waals surface area contributed by atoms with Gasteiger partial charge < -0.3 is 14.7 Å². The standard InChI is InChI=1S/C23H27ClN4O2/c24-20-7-4-8-21(17-20)26-13-15-28(16-14-26)23(30)22(29)27-11-9-25(10-12-27)18-19-5-2-1-3-6-19/h1-8,17H,9-16,18H2. The number of nitrogens with zero attached hydrogens (tertiary/aromatic N) is 4. The zero-order valence-corrected chi connectivity index (χ0v) is 17.8. The molecule has 0 N–H and O–H groups in total. The van der Waals surface area contributed by atoms with Gasteiger partial charge >= 0.3 is 11.8 Å². The van der Waals surface area contributed by atoms with Crippen molar-refractivity contribution in [3.05, 3.63) is 65.2 Å². The molecule has 4 rings (SSSR count). The summed E-state index contributed by atoms with van der Waals surface area (Å²) in [5.41, 5.74) is 2.32. The topological polar surface area (TPSA) is 47.1 Å². The van der Waals surface area contributed by atoms with Crippen LogP contribution in [-0.2, 0) is 16.1 Å². The first kappa shape index (κ1) is 20.7. The zero-order chi connectivity index (χ0) is 20.9. The van der Waals surface area contributed by atoms with Crippen LogP contribution < -0.4 is 4.90 Å². The molecule has 0 radical (unpaired) electrons. The van der Waals surface area contributed by atoms with Crippen molar-refractivity contribution in [3.8, 4) is 0 Å². The highest BCUT2D eigenvalue weighted by atomic mass is 35.5. The highest BCUT2D eigenvalue weighted by Gasteiger charge is 2.31. The monoisotopic (exact) mass is 426 g/mol. The smallest absolute Gasteiger partial charge is 0.312 e. The van der Waals surface area contributed by atoms with Gasteiger partial charge in [0.05, 0.1) is 0 Å². The van der Waals surface area contributed by atoms with Crippen LogP contribution in [0.1, 0.15) is 5.56 Å². The number of carbonyl (C=O) groups is 2. The second-order valence-electron chi connectivity index (χ2n) is 7.81. The van der Waals surface area contributed by atoms with E-state index in [0.717, 1.165) is 25.3 Å². The van der Waals surface area contributed by atoms with E-state index in [0.29, 0.717) is 44.3 Å². The third-order valence-corrected chi connectivity index (χ3v) is 6.07. The second kappa shape index (κ2) is 9.49. The van der Waals surface area contributed by atoms with Crippen LogP contribution in [0.3, 0.4) is 0 Å². The van der Waals surface area contributed by atoms with Crippen LogP contribution in [0.2, 0.25) is 5.02 Å². The van der Waals surface area contributed by atoms with Crippen molar-refractivity contribution in [2.24, 2.45) is 0 Å². The lowest BCUT2D eigenvalue weighted by atomic mass is 10.2. The van der Waals surface area contributed by atoms with Crippen molar-refractivity contribution in [2.75, 3.05) is 57.3 Å². The van der Waals surface area contributed by atoms with Gasteiger partial charge in [-0.05, 0) is 23.8 Å². The van der Waals surface area contributed by atoms with Crippen LogP contribution in [0.15, 0.2) is 54.6 Å². The zero-order valence-electron chi connectivity index (χ0n) is 17.0. The van der Waals surface area contributed by atoms with Gasteiger partial charge in [0.15, 0.2) is 0 Å². The Labute approximate surface area is 182 Å². The van der Waals surface area contributed by atoms with Gasteiger partial charge in [0.25, 0.3) is 0 Å². The molecule has 30 heavy (non-hydrogen) atoms. The Morgan fingerprint density at radius 1 is 0.733 bits per heavy atom. The van der Waals surface area contributed by atoms with Crippen LogP contribution in [0.5, 0.6) is 0 Å². The van der Waals surface area contributed by atoms with Crippen molar-refractivity contribution < 1.29 is 9.59 Å². The van der Waals surface area contributed by atoms with Gasteiger partial charge in [-0.2, -0.15) is 0 Å². The summed E-state index contributed by atoms with van der Waals surface area (Å²) in [7, 11) is 0. The number of hydrogen-bond donors (Lipinski definition) is 0. The summed E-state index contributed by atoms with van der Waals surface area (Å²) in [5, 5.41) is 0.701. The fourth-order valence-electron chi connectivity index (χ4n) is 4.06. The minimum absolute atomic E-state index is 0.370. The molecule has 0 saturated carbocycles. The van der Waals surface area contributed by atoms with E-state index in [4.69, 9.17) is 11.6 Å². The number of carbonyl (C=O) groups excluding carboxylic acids is 2. The quantitative estimate of drug-likeness (QED) is 0.707. The first-order valence-corrected chi connectivity index (χ1v) is 10.8. The second-order valence-corrected chi connectivity index (χ2v) is 8.25. The van der Waals surface area contributed by atoms with Crippen LogP contribution >= 0.6 is 11.6 Å².